The molecule has 3 heterocycles. The molecule has 0 radical (unpaired) electrons. The average molecular weight is 427 g/mol. The largest absolute Gasteiger partial charge is 0.368 e. The van der Waals surface area contributed by atoms with Crippen LogP contribution in [0, 0.1) is 0 Å². The van der Waals surface area contributed by atoms with Crippen molar-refractivity contribution in [3.63, 3.8) is 0 Å². The fraction of sp³-hybridized carbons (Fsp3) is 0.280. The molecule has 7 heteroatoms. The minimum absolute atomic E-state index is 0.0176. The minimum Gasteiger partial charge on any atom is -0.368 e. The third-order valence-electron chi connectivity index (χ3n) is 6.25. The van der Waals surface area contributed by atoms with Crippen molar-refractivity contribution in [2.45, 2.75) is 25.4 Å². The molecule has 5 rings (SSSR count). The van der Waals surface area contributed by atoms with Crippen molar-refractivity contribution in [2.24, 2.45) is 4.99 Å². The molecular weight excluding hydrogens is 400 g/mol. The van der Waals surface area contributed by atoms with E-state index in [1.54, 1.807) is 0 Å². The summed E-state index contributed by atoms with van der Waals surface area (Å²) >= 11 is 0. The number of hydrogen-bond donors (Lipinski definition) is 2. The summed E-state index contributed by atoms with van der Waals surface area (Å²) in [6.45, 7) is 1.88. The van der Waals surface area contributed by atoms with Crippen LogP contribution in [0.2, 0.25) is 0 Å². The van der Waals surface area contributed by atoms with E-state index >= 15 is 0 Å². The lowest BCUT2D eigenvalue weighted by atomic mass is 9.95. The lowest BCUT2D eigenvalue weighted by Gasteiger charge is -2.33. The normalized spacial score (nSPS) is 17.4. The van der Waals surface area contributed by atoms with Gasteiger partial charge in [-0.15, -0.1) is 0 Å². The maximum absolute atomic E-state index is 13.6. The van der Waals surface area contributed by atoms with Gasteiger partial charge in [-0.1, -0.05) is 42.5 Å². The van der Waals surface area contributed by atoms with Gasteiger partial charge < -0.3 is 16.0 Å². The van der Waals surface area contributed by atoms with E-state index in [2.05, 4.69) is 20.3 Å². The molecule has 7 nitrogen and oxygen atoms in total. The molecule has 0 spiro atoms. The molecule has 1 saturated heterocycles. The van der Waals surface area contributed by atoms with Gasteiger partial charge in [0.05, 0.1) is 17.9 Å². The van der Waals surface area contributed by atoms with Gasteiger partial charge in [-0.3, -0.25) is 9.79 Å². The van der Waals surface area contributed by atoms with E-state index in [-0.39, 0.29) is 11.9 Å². The number of nitrogens with one attached hydrogen (secondary N) is 1. The van der Waals surface area contributed by atoms with Crippen LogP contribution in [0.4, 0.5) is 5.95 Å². The molecule has 2 aromatic carbocycles. The number of benzene rings is 2. The first-order valence-electron chi connectivity index (χ1n) is 11.0. The Kier molecular flexibility index (Phi) is 5.41. The molecule has 0 saturated carbocycles. The number of anilines is 1. The SMILES string of the molecule is CNC1CCCN(C(=O)c2ccccc2-c2nc(N)nc3c2CN=Cc2ccccc2-3)C1. The molecule has 1 aromatic heterocycles. The molecular formula is C25H26N6O. The number of carbonyl (C=O) groups excluding carboxylic acids is 1. The number of fused-ring (bicyclic) bond motifs is 3. The molecule has 1 atom stereocenters. The Morgan fingerprint density at radius 2 is 1.78 bits per heavy atom. The fourth-order valence-electron chi connectivity index (χ4n) is 4.60. The van der Waals surface area contributed by atoms with Gasteiger partial charge >= 0.3 is 0 Å². The minimum atomic E-state index is 0.0176. The molecule has 1 unspecified atom stereocenters. The quantitative estimate of drug-likeness (QED) is 0.671. The Morgan fingerprint density at radius 3 is 2.59 bits per heavy atom. The van der Waals surface area contributed by atoms with Crippen LogP contribution in [-0.2, 0) is 6.54 Å². The number of rotatable bonds is 3. The van der Waals surface area contributed by atoms with Crippen LogP contribution < -0.4 is 11.1 Å². The Morgan fingerprint density at radius 1 is 1.06 bits per heavy atom. The topological polar surface area (TPSA) is 96.5 Å². The number of amides is 1. The first-order valence-corrected chi connectivity index (χ1v) is 11.0. The van der Waals surface area contributed by atoms with Crippen molar-refractivity contribution in [3.05, 3.63) is 65.2 Å². The van der Waals surface area contributed by atoms with Gasteiger partial charge in [-0.05, 0) is 26.0 Å². The second-order valence-corrected chi connectivity index (χ2v) is 8.24. The van der Waals surface area contributed by atoms with Crippen molar-refractivity contribution in [1.82, 2.24) is 20.2 Å². The molecule has 1 amide bonds. The van der Waals surface area contributed by atoms with Crippen molar-refractivity contribution in [3.8, 4) is 22.5 Å². The number of nitrogens with zero attached hydrogens (tertiary/aromatic N) is 4. The highest BCUT2D eigenvalue weighted by molar-refractivity contribution is 6.01. The first kappa shape index (κ1) is 20.3. The fourth-order valence-corrected chi connectivity index (χ4v) is 4.60. The molecule has 1 fully saturated rings. The van der Waals surface area contributed by atoms with Gasteiger partial charge in [0, 0.05) is 53.2 Å². The third kappa shape index (κ3) is 3.65. The maximum Gasteiger partial charge on any atom is 0.254 e. The molecule has 162 valence electrons. The number of aromatic nitrogens is 2. The molecule has 3 N–H and O–H groups in total. The number of likely N-dealkylation sites (N-methyl/N-ethyl adjacent to an activating group) is 1. The zero-order valence-electron chi connectivity index (χ0n) is 18.1. The predicted octanol–water partition coefficient (Wildman–Crippen LogP) is 3.15. The second-order valence-electron chi connectivity index (χ2n) is 8.24. The van der Waals surface area contributed by atoms with Gasteiger partial charge in [0.2, 0.25) is 5.95 Å². The van der Waals surface area contributed by atoms with Gasteiger partial charge in [0.15, 0.2) is 0 Å². The number of likely N-dealkylation sites (tertiary alicyclic amines) is 1. The number of piperidine rings is 1. The lowest BCUT2D eigenvalue weighted by molar-refractivity contribution is 0.0699. The summed E-state index contributed by atoms with van der Waals surface area (Å²) in [5, 5.41) is 3.30. The van der Waals surface area contributed by atoms with Crippen LogP contribution in [-0.4, -0.2) is 53.2 Å². The zero-order chi connectivity index (χ0) is 22.1. The van der Waals surface area contributed by atoms with Crippen molar-refractivity contribution < 1.29 is 4.79 Å². The van der Waals surface area contributed by atoms with Gasteiger partial charge in [0.1, 0.15) is 0 Å². The molecule has 0 bridgehead atoms. The van der Waals surface area contributed by atoms with Crippen LogP contribution in [0.1, 0.15) is 34.3 Å². The van der Waals surface area contributed by atoms with Gasteiger partial charge in [0.25, 0.3) is 5.91 Å². The molecule has 2 aliphatic rings. The smallest absolute Gasteiger partial charge is 0.254 e. The Labute approximate surface area is 187 Å². The summed E-state index contributed by atoms with van der Waals surface area (Å²) in [4.78, 5) is 29.3. The molecule has 0 aliphatic carbocycles. The number of hydrogen-bond acceptors (Lipinski definition) is 6. The van der Waals surface area contributed by atoms with E-state index in [4.69, 9.17) is 5.73 Å². The Hall–Kier alpha value is -3.58. The summed E-state index contributed by atoms with van der Waals surface area (Å²) in [5.41, 5.74) is 11.9. The second kappa shape index (κ2) is 8.51. The van der Waals surface area contributed by atoms with E-state index < -0.39 is 0 Å². The number of carbonyl (C=O) groups is 1. The van der Waals surface area contributed by atoms with Crippen molar-refractivity contribution >= 4 is 18.1 Å². The van der Waals surface area contributed by atoms with Crippen LogP contribution in [0.25, 0.3) is 22.5 Å². The third-order valence-corrected chi connectivity index (χ3v) is 6.25. The molecule has 2 aliphatic heterocycles. The highest BCUT2D eigenvalue weighted by Gasteiger charge is 2.27. The summed E-state index contributed by atoms with van der Waals surface area (Å²) in [6, 6.07) is 15.9. The van der Waals surface area contributed by atoms with Gasteiger partial charge in [-0.2, -0.15) is 0 Å². The Bertz CT molecular complexity index is 1200. The maximum atomic E-state index is 13.6. The lowest BCUT2D eigenvalue weighted by Crippen LogP contribution is -2.47. The molecule has 3 aromatic rings. The summed E-state index contributed by atoms with van der Waals surface area (Å²) in [7, 11) is 1.95. The van der Waals surface area contributed by atoms with Crippen molar-refractivity contribution in [2.75, 3.05) is 25.9 Å². The Balaban J connectivity index is 1.63. The average Bonchev–Trinajstić information content (AvgIpc) is 3.02. The van der Waals surface area contributed by atoms with Crippen LogP contribution in [0.3, 0.4) is 0 Å². The highest BCUT2D eigenvalue weighted by atomic mass is 16.2. The predicted molar refractivity (Wildman–Crippen MR) is 127 cm³/mol. The first-order chi connectivity index (χ1) is 15.7. The number of nitrogen functional groups attached to an aromatic ring is 1. The van der Waals surface area contributed by atoms with E-state index in [0.29, 0.717) is 30.4 Å². The van der Waals surface area contributed by atoms with Crippen molar-refractivity contribution in [1.29, 1.82) is 0 Å². The van der Waals surface area contributed by atoms with E-state index in [1.165, 1.54) is 0 Å². The summed E-state index contributed by atoms with van der Waals surface area (Å²) in [5.74, 6) is 0.204. The summed E-state index contributed by atoms with van der Waals surface area (Å²) in [6.07, 6.45) is 3.93. The number of nitrogens with two attached hydrogens (primary N) is 1. The van der Waals surface area contributed by atoms with Gasteiger partial charge in [-0.25, -0.2) is 9.97 Å². The van der Waals surface area contributed by atoms with E-state index in [9.17, 15) is 4.79 Å². The van der Waals surface area contributed by atoms with E-state index in [0.717, 1.165) is 47.3 Å². The highest BCUT2D eigenvalue weighted by Crippen LogP contribution is 2.35. The summed E-state index contributed by atoms with van der Waals surface area (Å²) < 4.78 is 0. The number of aliphatic imine (C=N–C) groups is 1. The van der Waals surface area contributed by atoms with E-state index in [1.807, 2.05) is 66.7 Å². The standard InChI is InChI=1S/C25H26N6O/c1-27-17-8-6-12-31(15-17)24(32)20-11-5-4-10-19(20)23-21-14-28-13-16-7-2-3-9-18(16)22(21)29-25(26)30-23/h2-5,7,9-11,13,17,27H,6,8,12,14-15H2,1H3,(H2,26,29,30). The van der Waals surface area contributed by atoms with Crippen LogP contribution >= 0.6 is 0 Å². The van der Waals surface area contributed by atoms with Crippen LogP contribution in [0.15, 0.2) is 53.5 Å². The monoisotopic (exact) mass is 426 g/mol. The zero-order valence-corrected chi connectivity index (χ0v) is 18.1. The molecule has 32 heavy (non-hydrogen) atoms. The van der Waals surface area contributed by atoms with Crippen LogP contribution in [0.5, 0.6) is 0 Å².